The van der Waals surface area contributed by atoms with Crippen molar-refractivity contribution in [3.05, 3.63) is 33.9 Å². The van der Waals surface area contributed by atoms with Gasteiger partial charge in [-0.25, -0.2) is 4.79 Å². The van der Waals surface area contributed by atoms with Gasteiger partial charge in [0.05, 0.1) is 17.1 Å². The van der Waals surface area contributed by atoms with Gasteiger partial charge in [0.2, 0.25) is 0 Å². The summed E-state index contributed by atoms with van der Waals surface area (Å²) in [6.07, 6.45) is 3.72. The molecule has 0 saturated heterocycles. The molecule has 0 heterocycles. The number of nitro groups is 1. The van der Waals surface area contributed by atoms with Crippen molar-refractivity contribution < 1.29 is 19.9 Å². The van der Waals surface area contributed by atoms with Crippen LogP contribution < -0.4 is 4.90 Å². The molecular formula is C14H18N2O5. The van der Waals surface area contributed by atoms with Crippen LogP contribution in [-0.4, -0.2) is 40.3 Å². The maximum absolute atomic E-state index is 11.4. The van der Waals surface area contributed by atoms with Crippen LogP contribution in [0.5, 0.6) is 0 Å². The van der Waals surface area contributed by atoms with Gasteiger partial charge < -0.3 is 15.1 Å². The van der Waals surface area contributed by atoms with E-state index < -0.39 is 10.9 Å². The molecule has 0 aliphatic heterocycles. The average molecular weight is 294 g/mol. The van der Waals surface area contributed by atoms with E-state index in [0.29, 0.717) is 0 Å². The smallest absolute Gasteiger partial charge is 0.338 e. The summed E-state index contributed by atoms with van der Waals surface area (Å²) in [6.45, 7) is 0.0113. The number of nitro benzene ring substituents is 1. The number of nitrogens with zero attached hydrogens (tertiary/aromatic N) is 2. The topological polar surface area (TPSA) is 104 Å². The molecule has 1 aromatic carbocycles. The first kappa shape index (κ1) is 15.2. The molecule has 7 nitrogen and oxygen atoms in total. The van der Waals surface area contributed by atoms with Gasteiger partial charge in [-0.2, -0.15) is 0 Å². The molecule has 0 amide bonds. The highest BCUT2D eigenvalue weighted by Crippen LogP contribution is 2.36. The molecule has 1 aliphatic rings. The van der Waals surface area contributed by atoms with Gasteiger partial charge in [0.15, 0.2) is 0 Å². The number of rotatable bonds is 6. The average Bonchev–Trinajstić information content (AvgIpc) is 2.97. The van der Waals surface area contributed by atoms with Crippen molar-refractivity contribution in [2.24, 2.45) is 0 Å². The summed E-state index contributed by atoms with van der Waals surface area (Å²) >= 11 is 0. The third kappa shape index (κ3) is 3.13. The van der Waals surface area contributed by atoms with Crippen LogP contribution in [0.3, 0.4) is 0 Å². The zero-order valence-electron chi connectivity index (χ0n) is 11.6. The van der Waals surface area contributed by atoms with Gasteiger partial charge in [-0.05, 0) is 18.9 Å². The third-order valence-electron chi connectivity index (χ3n) is 3.84. The van der Waals surface area contributed by atoms with Gasteiger partial charge in [0.25, 0.3) is 5.69 Å². The van der Waals surface area contributed by atoms with Gasteiger partial charge in [-0.15, -0.1) is 0 Å². The second-order valence-corrected chi connectivity index (χ2v) is 5.09. The molecule has 0 aromatic heterocycles. The summed E-state index contributed by atoms with van der Waals surface area (Å²) in [5, 5.41) is 29.8. The Bertz CT molecular complexity index is 508. The minimum Gasteiger partial charge on any atom is -0.478 e. The van der Waals surface area contributed by atoms with Gasteiger partial charge in [-0.1, -0.05) is 18.9 Å². The van der Waals surface area contributed by atoms with Crippen molar-refractivity contribution in [2.75, 3.05) is 18.1 Å². The SMILES string of the molecule is O=C(O)c1cccc([N+](=O)[O-])c1N(CCO)C1CCCC1. The first-order chi connectivity index (χ1) is 10.1. The molecule has 1 saturated carbocycles. The van der Waals surface area contributed by atoms with Crippen molar-refractivity contribution in [1.82, 2.24) is 0 Å². The molecule has 21 heavy (non-hydrogen) atoms. The molecule has 114 valence electrons. The Morgan fingerprint density at radius 1 is 1.38 bits per heavy atom. The number of hydrogen-bond donors (Lipinski definition) is 2. The number of aliphatic hydroxyl groups excluding tert-OH is 1. The molecule has 1 aliphatic carbocycles. The summed E-state index contributed by atoms with van der Waals surface area (Å²) in [5.41, 5.74) is -0.212. The third-order valence-corrected chi connectivity index (χ3v) is 3.84. The van der Waals surface area contributed by atoms with Crippen LogP contribution in [0.2, 0.25) is 0 Å². The quantitative estimate of drug-likeness (QED) is 0.614. The number of hydrogen-bond acceptors (Lipinski definition) is 5. The summed E-state index contributed by atoms with van der Waals surface area (Å²) in [5.74, 6) is -1.20. The fraction of sp³-hybridized carbons (Fsp3) is 0.500. The number of aromatic carboxylic acids is 1. The van der Waals surface area contributed by atoms with Crippen molar-refractivity contribution in [3.8, 4) is 0 Å². The number of para-hydroxylation sites is 1. The molecule has 1 fully saturated rings. The van der Waals surface area contributed by atoms with E-state index in [9.17, 15) is 25.1 Å². The van der Waals surface area contributed by atoms with E-state index in [-0.39, 0.29) is 36.1 Å². The van der Waals surface area contributed by atoms with E-state index in [0.717, 1.165) is 25.7 Å². The standard InChI is InChI=1S/C14H18N2O5/c17-9-8-15(10-4-1-2-5-10)13-11(14(18)19)6-3-7-12(13)16(20)21/h3,6-7,10,17H,1-2,4-5,8-9H2,(H,18,19). The normalized spacial score (nSPS) is 15.1. The Balaban J connectivity index is 2.55. The highest BCUT2D eigenvalue weighted by Gasteiger charge is 2.31. The lowest BCUT2D eigenvalue weighted by Gasteiger charge is -2.31. The molecule has 2 N–H and O–H groups in total. The Morgan fingerprint density at radius 2 is 2.05 bits per heavy atom. The lowest BCUT2D eigenvalue weighted by atomic mass is 10.1. The lowest BCUT2D eigenvalue weighted by molar-refractivity contribution is -0.384. The van der Waals surface area contributed by atoms with Crippen LogP contribution in [0.4, 0.5) is 11.4 Å². The minimum atomic E-state index is -1.20. The molecule has 7 heteroatoms. The molecule has 1 aromatic rings. The number of carboxylic acids is 1. The Kier molecular flexibility index (Phi) is 4.74. The van der Waals surface area contributed by atoms with Gasteiger partial charge in [-0.3, -0.25) is 10.1 Å². The highest BCUT2D eigenvalue weighted by atomic mass is 16.6. The first-order valence-electron chi connectivity index (χ1n) is 6.94. The number of carbonyl (C=O) groups is 1. The summed E-state index contributed by atoms with van der Waals surface area (Å²) in [4.78, 5) is 23.8. The molecule has 0 radical (unpaired) electrons. The highest BCUT2D eigenvalue weighted by molar-refractivity contribution is 5.97. The maximum Gasteiger partial charge on any atom is 0.338 e. The van der Waals surface area contributed by atoms with Crippen molar-refractivity contribution in [3.63, 3.8) is 0 Å². The lowest BCUT2D eigenvalue weighted by Crippen LogP contribution is -2.37. The second kappa shape index (κ2) is 6.53. The molecule has 0 spiro atoms. The van der Waals surface area contributed by atoms with Gasteiger partial charge >= 0.3 is 5.97 Å². The fourth-order valence-corrected chi connectivity index (χ4v) is 2.95. The predicted molar refractivity (Wildman–Crippen MR) is 76.7 cm³/mol. The Hall–Kier alpha value is -2.15. The van der Waals surface area contributed by atoms with Crippen LogP contribution in [0, 0.1) is 10.1 Å². The van der Waals surface area contributed by atoms with Crippen LogP contribution in [0.25, 0.3) is 0 Å². The summed E-state index contributed by atoms with van der Waals surface area (Å²) in [6, 6.07) is 4.08. The van der Waals surface area contributed by atoms with Crippen LogP contribution in [0.1, 0.15) is 36.0 Å². The number of aliphatic hydroxyl groups is 1. The van der Waals surface area contributed by atoms with E-state index in [1.807, 2.05) is 0 Å². The van der Waals surface area contributed by atoms with E-state index in [4.69, 9.17) is 0 Å². The number of benzene rings is 1. The maximum atomic E-state index is 11.4. The summed E-state index contributed by atoms with van der Waals surface area (Å²) < 4.78 is 0. The Labute approximate surface area is 122 Å². The van der Waals surface area contributed by atoms with Crippen molar-refractivity contribution in [2.45, 2.75) is 31.7 Å². The van der Waals surface area contributed by atoms with Crippen molar-refractivity contribution >= 4 is 17.3 Å². The van der Waals surface area contributed by atoms with Crippen molar-refractivity contribution in [1.29, 1.82) is 0 Å². The molecular weight excluding hydrogens is 276 g/mol. The largest absolute Gasteiger partial charge is 0.478 e. The van der Waals surface area contributed by atoms with E-state index >= 15 is 0 Å². The molecule has 0 atom stereocenters. The van der Waals surface area contributed by atoms with E-state index in [2.05, 4.69) is 0 Å². The zero-order valence-corrected chi connectivity index (χ0v) is 11.6. The molecule has 0 unspecified atom stereocenters. The summed E-state index contributed by atoms with van der Waals surface area (Å²) in [7, 11) is 0. The second-order valence-electron chi connectivity index (χ2n) is 5.09. The predicted octanol–water partition coefficient (Wildman–Crippen LogP) is 2.03. The van der Waals surface area contributed by atoms with Gasteiger partial charge in [0, 0.05) is 18.7 Å². The van der Waals surface area contributed by atoms with E-state index in [1.54, 1.807) is 4.90 Å². The Morgan fingerprint density at radius 3 is 2.57 bits per heavy atom. The van der Waals surface area contributed by atoms with E-state index in [1.165, 1.54) is 18.2 Å². The monoisotopic (exact) mass is 294 g/mol. The molecule has 2 rings (SSSR count). The number of carboxylic acid groups (broad SMARTS) is 1. The minimum absolute atomic E-state index is 0.0383. The van der Waals surface area contributed by atoms with Crippen LogP contribution in [-0.2, 0) is 0 Å². The van der Waals surface area contributed by atoms with Crippen LogP contribution >= 0.6 is 0 Å². The van der Waals surface area contributed by atoms with Crippen LogP contribution in [0.15, 0.2) is 18.2 Å². The van der Waals surface area contributed by atoms with Gasteiger partial charge in [0.1, 0.15) is 5.69 Å². The fourth-order valence-electron chi connectivity index (χ4n) is 2.95. The first-order valence-corrected chi connectivity index (χ1v) is 6.94. The molecule has 0 bridgehead atoms. The number of anilines is 1. The zero-order chi connectivity index (χ0) is 15.4.